The summed E-state index contributed by atoms with van der Waals surface area (Å²) in [6.07, 6.45) is 1.47. The molecule has 0 fully saturated rings. The first kappa shape index (κ1) is 16.7. The van der Waals surface area contributed by atoms with E-state index in [1.165, 1.54) is 19.4 Å². The molecule has 0 bridgehead atoms. The first-order chi connectivity index (χ1) is 11.0. The minimum absolute atomic E-state index is 0.0332. The Bertz CT molecular complexity index is 799. The molecular formula is C16H13AsN2O4. The molecule has 1 aromatic heterocycles. The van der Waals surface area contributed by atoms with E-state index < -0.39 is 21.7 Å². The molecule has 0 saturated heterocycles. The molecule has 0 saturated carbocycles. The van der Waals surface area contributed by atoms with E-state index in [0.29, 0.717) is 11.1 Å². The number of nitriles is 1. The Hall–Kier alpha value is -2.64. The fraction of sp³-hybridized carbons (Fsp3) is 0.125. The van der Waals surface area contributed by atoms with Crippen molar-refractivity contribution in [3.63, 3.8) is 0 Å². The molecular weight excluding hydrogens is 359 g/mol. The molecule has 1 atom stereocenters. The van der Waals surface area contributed by atoms with Gasteiger partial charge in [-0.1, -0.05) is 0 Å². The molecule has 0 spiro atoms. The maximum atomic E-state index is 12.0. The van der Waals surface area contributed by atoms with Crippen molar-refractivity contribution in [2.45, 2.75) is 5.21 Å². The second-order valence-electron chi connectivity index (χ2n) is 4.54. The number of carbonyl (C=O) groups is 2. The van der Waals surface area contributed by atoms with Gasteiger partial charge in [-0.25, -0.2) is 0 Å². The van der Waals surface area contributed by atoms with Crippen molar-refractivity contribution in [2.24, 2.45) is 0 Å². The Balaban J connectivity index is 2.22. The van der Waals surface area contributed by atoms with E-state index in [4.69, 9.17) is 5.26 Å². The number of aromatic hydroxyl groups is 1. The van der Waals surface area contributed by atoms with E-state index >= 15 is 0 Å². The Morgan fingerprint density at radius 2 is 2.13 bits per heavy atom. The number of rotatable bonds is 5. The Morgan fingerprint density at radius 3 is 2.78 bits per heavy atom. The van der Waals surface area contributed by atoms with Gasteiger partial charge >= 0.3 is 139 Å². The maximum absolute atomic E-state index is 12.0. The van der Waals surface area contributed by atoms with Crippen LogP contribution in [0.25, 0.3) is 11.1 Å². The number of carbonyl (C=O) groups excluding carboxylic acids is 2. The van der Waals surface area contributed by atoms with Gasteiger partial charge in [0.15, 0.2) is 0 Å². The van der Waals surface area contributed by atoms with E-state index in [-0.39, 0.29) is 21.2 Å². The molecule has 1 N–H and O–H groups in total. The van der Waals surface area contributed by atoms with Crippen LogP contribution in [0.2, 0.25) is 5.21 Å². The van der Waals surface area contributed by atoms with Gasteiger partial charge in [0, 0.05) is 0 Å². The predicted octanol–water partition coefficient (Wildman–Crippen LogP) is 1.49. The van der Waals surface area contributed by atoms with E-state index in [1.54, 1.807) is 24.3 Å². The molecule has 1 heterocycles. The molecule has 0 aliphatic carbocycles. The molecule has 23 heavy (non-hydrogen) atoms. The summed E-state index contributed by atoms with van der Waals surface area (Å²) in [7, 11) is 1.26. The van der Waals surface area contributed by atoms with E-state index in [9.17, 15) is 14.7 Å². The SMILES string of the molecule is COC(=O)C[AsH]C(=O)c1ncc(-c2cccc(C#N)c2)cc1O. The molecule has 0 aliphatic rings. The summed E-state index contributed by atoms with van der Waals surface area (Å²) in [5.41, 5.74) is 1.78. The van der Waals surface area contributed by atoms with Gasteiger partial charge in [0.1, 0.15) is 0 Å². The fourth-order valence-electron chi connectivity index (χ4n) is 1.86. The van der Waals surface area contributed by atoms with Crippen LogP contribution in [0.15, 0.2) is 36.5 Å². The third-order valence-corrected chi connectivity index (χ3v) is 5.18. The van der Waals surface area contributed by atoms with E-state index in [0.717, 1.165) is 5.56 Å². The number of esters is 1. The van der Waals surface area contributed by atoms with Crippen LogP contribution in [0.1, 0.15) is 16.1 Å². The zero-order chi connectivity index (χ0) is 16.8. The zero-order valence-electron chi connectivity index (χ0n) is 12.2. The average molecular weight is 372 g/mol. The third-order valence-electron chi connectivity index (χ3n) is 3.03. The van der Waals surface area contributed by atoms with E-state index in [1.807, 2.05) is 6.07 Å². The van der Waals surface area contributed by atoms with Gasteiger partial charge in [0.2, 0.25) is 0 Å². The molecule has 0 amide bonds. The minimum atomic E-state index is -1.27. The summed E-state index contributed by atoms with van der Waals surface area (Å²) < 4.78 is 4.18. The molecule has 7 heteroatoms. The Labute approximate surface area is 139 Å². The molecule has 0 radical (unpaired) electrons. The summed E-state index contributed by atoms with van der Waals surface area (Å²) in [5, 5.41) is 19.0. The summed E-state index contributed by atoms with van der Waals surface area (Å²) in [4.78, 5) is 27.1. The van der Waals surface area contributed by atoms with Gasteiger partial charge in [0.05, 0.1) is 0 Å². The van der Waals surface area contributed by atoms with Gasteiger partial charge in [-0.2, -0.15) is 0 Å². The number of hydrogen-bond acceptors (Lipinski definition) is 6. The van der Waals surface area contributed by atoms with Crippen LogP contribution in [0.4, 0.5) is 0 Å². The second kappa shape index (κ2) is 7.57. The first-order valence-corrected chi connectivity index (χ1v) is 9.13. The van der Waals surface area contributed by atoms with Crippen molar-refractivity contribution < 1.29 is 19.4 Å². The number of ether oxygens (including phenoxy) is 1. The zero-order valence-corrected chi connectivity index (χ0v) is 14.3. The van der Waals surface area contributed by atoms with Gasteiger partial charge in [0.25, 0.3) is 0 Å². The summed E-state index contributed by atoms with van der Waals surface area (Å²) in [6, 6.07) is 10.3. The summed E-state index contributed by atoms with van der Waals surface area (Å²) in [5.74, 6) is -0.675. The van der Waals surface area contributed by atoms with Gasteiger partial charge in [-0.05, 0) is 0 Å². The third kappa shape index (κ3) is 4.18. The van der Waals surface area contributed by atoms with Crippen molar-refractivity contribution in [1.82, 2.24) is 4.98 Å². The molecule has 2 aromatic rings. The molecule has 6 nitrogen and oxygen atoms in total. The van der Waals surface area contributed by atoms with Crippen LogP contribution in [-0.2, 0) is 9.53 Å². The van der Waals surface area contributed by atoms with Crippen LogP contribution in [0.5, 0.6) is 5.75 Å². The monoisotopic (exact) mass is 372 g/mol. The fourth-order valence-corrected chi connectivity index (χ4v) is 3.56. The van der Waals surface area contributed by atoms with Gasteiger partial charge in [-0.3, -0.25) is 0 Å². The molecule has 0 aliphatic heterocycles. The average Bonchev–Trinajstić information content (AvgIpc) is 2.59. The van der Waals surface area contributed by atoms with Gasteiger partial charge < -0.3 is 0 Å². The van der Waals surface area contributed by atoms with Crippen molar-refractivity contribution in [2.75, 3.05) is 7.11 Å². The second-order valence-corrected chi connectivity index (χ2v) is 6.98. The van der Waals surface area contributed by atoms with Crippen LogP contribution < -0.4 is 0 Å². The number of hydrogen-bond donors (Lipinski definition) is 1. The van der Waals surface area contributed by atoms with Crippen molar-refractivity contribution in [1.29, 1.82) is 5.26 Å². The van der Waals surface area contributed by atoms with Crippen molar-refractivity contribution in [3.8, 4) is 22.9 Å². The predicted molar refractivity (Wildman–Crippen MR) is 84.4 cm³/mol. The summed E-state index contributed by atoms with van der Waals surface area (Å²) >= 11 is -1.27. The van der Waals surface area contributed by atoms with Crippen molar-refractivity contribution >= 4 is 26.3 Å². The Morgan fingerprint density at radius 1 is 1.35 bits per heavy atom. The number of pyridine rings is 1. The topological polar surface area (TPSA) is 100 Å². The van der Waals surface area contributed by atoms with Crippen LogP contribution >= 0.6 is 0 Å². The number of nitrogens with zero attached hydrogens (tertiary/aromatic N) is 2. The number of methoxy groups -OCH3 is 1. The summed E-state index contributed by atoms with van der Waals surface area (Å²) in [6.45, 7) is 0. The molecule has 1 unspecified atom stereocenters. The van der Waals surface area contributed by atoms with E-state index in [2.05, 4.69) is 9.72 Å². The standard InChI is InChI=1S/C16H13AsN2O4/c1-23-14(21)7-17-16(22)15-13(20)6-12(9-19-15)11-4-2-3-10(5-11)8-18/h2-6,9,17,20H,7H2,1H3. The molecule has 1 aromatic carbocycles. The molecule has 2 rings (SSSR count). The molecule has 116 valence electrons. The normalized spacial score (nSPS) is 10.4. The number of aromatic nitrogens is 1. The quantitative estimate of drug-likeness (QED) is 0.631. The van der Waals surface area contributed by atoms with Crippen molar-refractivity contribution in [3.05, 3.63) is 47.8 Å². The number of benzene rings is 1. The Kier molecular flexibility index (Phi) is 5.50. The van der Waals surface area contributed by atoms with Crippen LogP contribution in [0, 0.1) is 11.3 Å². The van der Waals surface area contributed by atoms with Gasteiger partial charge in [-0.15, -0.1) is 0 Å². The van der Waals surface area contributed by atoms with Crippen LogP contribution in [-0.4, -0.2) is 43.5 Å². The first-order valence-electron chi connectivity index (χ1n) is 6.59. The van der Waals surface area contributed by atoms with Crippen LogP contribution in [0.3, 0.4) is 0 Å².